The Hall–Kier alpha value is -2.05. The van der Waals surface area contributed by atoms with Crippen LogP contribution in [-0.2, 0) is 0 Å². The fourth-order valence-corrected chi connectivity index (χ4v) is 1.68. The molecule has 2 aromatic rings. The number of alkyl halides is 3. The largest absolute Gasteiger partial charge is 0.476 e. The second-order valence-corrected chi connectivity index (χ2v) is 3.83. The molecule has 1 unspecified atom stereocenters. The molecule has 0 fully saturated rings. The number of benzene rings is 1. The van der Waals surface area contributed by atoms with Gasteiger partial charge < -0.3 is 5.11 Å². The lowest BCUT2D eigenvalue weighted by atomic mass is 10.2. The number of carboxylic acids is 1. The first kappa shape index (κ1) is 12.4. The van der Waals surface area contributed by atoms with Gasteiger partial charge in [0.15, 0.2) is 5.69 Å². The number of hydrogen-bond donors (Lipinski definition) is 1. The van der Waals surface area contributed by atoms with E-state index < -0.39 is 18.2 Å². The lowest BCUT2D eigenvalue weighted by Gasteiger charge is -2.16. The van der Waals surface area contributed by atoms with Gasteiger partial charge in [-0.15, -0.1) is 0 Å². The van der Waals surface area contributed by atoms with Crippen LogP contribution in [0.15, 0.2) is 24.3 Å². The van der Waals surface area contributed by atoms with Crippen molar-refractivity contribution >= 4 is 16.9 Å². The highest BCUT2D eigenvalue weighted by molar-refractivity contribution is 6.01. The average molecular weight is 258 g/mol. The minimum absolute atomic E-state index is 0.153. The molecule has 0 spiro atoms. The van der Waals surface area contributed by atoms with Crippen molar-refractivity contribution in [2.24, 2.45) is 0 Å². The standard InChI is InChI=1S/C11H9F3N2O2/c1-6(11(12,13)14)16-8-5-3-2-4-7(8)9(15-16)10(17)18/h2-6H,1H3,(H,17,18). The maximum absolute atomic E-state index is 12.7. The number of nitrogens with zero attached hydrogens (tertiary/aromatic N) is 2. The number of hydrogen-bond acceptors (Lipinski definition) is 2. The molecule has 1 aromatic carbocycles. The molecular weight excluding hydrogens is 249 g/mol. The van der Waals surface area contributed by atoms with E-state index in [2.05, 4.69) is 5.10 Å². The van der Waals surface area contributed by atoms with Crippen molar-refractivity contribution in [2.75, 3.05) is 0 Å². The first-order valence-corrected chi connectivity index (χ1v) is 5.09. The molecule has 0 aliphatic carbocycles. The Morgan fingerprint density at radius 3 is 2.56 bits per heavy atom. The highest BCUT2D eigenvalue weighted by atomic mass is 19.4. The molecule has 1 N–H and O–H groups in total. The summed E-state index contributed by atoms with van der Waals surface area (Å²) in [7, 11) is 0. The van der Waals surface area contributed by atoms with E-state index in [0.29, 0.717) is 4.68 Å². The Balaban J connectivity index is 2.69. The first-order chi connectivity index (χ1) is 8.32. The summed E-state index contributed by atoms with van der Waals surface area (Å²) >= 11 is 0. The third-order valence-corrected chi connectivity index (χ3v) is 2.66. The normalized spacial score (nSPS) is 13.8. The van der Waals surface area contributed by atoms with Crippen LogP contribution in [0.4, 0.5) is 13.2 Å². The minimum Gasteiger partial charge on any atom is -0.476 e. The number of carbonyl (C=O) groups is 1. The molecular formula is C11H9F3N2O2. The molecule has 0 radical (unpaired) electrons. The molecule has 0 saturated carbocycles. The zero-order valence-corrected chi connectivity index (χ0v) is 9.27. The van der Waals surface area contributed by atoms with E-state index in [4.69, 9.17) is 5.11 Å². The number of rotatable bonds is 2. The van der Waals surface area contributed by atoms with Crippen LogP contribution in [-0.4, -0.2) is 27.0 Å². The molecule has 7 heteroatoms. The monoisotopic (exact) mass is 258 g/mol. The van der Waals surface area contributed by atoms with E-state index in [9.17, 15) is 18.0 Å². The van der Waals surface area contributed by atoms with Crippen LogP contribution in [0, 0.1) is 0 Å². The fourth-order valence-electron chi connectivity index (χ4n) is 1.68. The second kappa shape index (κ2) is 4.01. The predicted molar refractivity (Wildman–Crippen MR) is 57.5 cm³/mol. The molecule has 4 nitrogen and oxygen atoms in total. The first-order valence-electron chi connectivity index (χ1n) is 5.09. The molecule has 2 rings (SSSR count). The molecule has 18 heavy (non-hydrogen) atoms. The van der Waals surface area contributed by atoms with E-state index >= 15 is 0 Å². The second-order valence-electron chi connectivity index (χ2n) is 3.83. The topological polar surface area (TPSA) is 55.1 Å². The van der Waals surface area contributed by atoms with Gasteiger partial charge in [-0.1, -0.05) is 18.2 Å². The molecule has 1 atom stereocenters. The number of fused-ring (bicyclic) bond motifs is 1. The van der Waals surface area contributed by atoms with Gasteiger partial charge in [0.05, 0.1) is 5.52 Å². The van der Waals surface area contributed by atoms with Gasteiger partial charge in [0.25, 0.3) is 0 Å². The Labute approximate surface area is 99.6 Å². The van der Waals surface area contributed by atoms with Gasteiger partial charge >= 0.3 is 12.1 Å². The van der Waals surface area contributed by atoms with Crippen LogP contribution in [0.1, 0.15) is 23.5 Å². The van der Waals surface area contributed by atoms with Crippen molar-refractivity contribution in [3.05, 3.63) is 30.0 Å². The highest BCUT2D eigenvalue weighted by Crippen LogP contribution is 2.32. The molecule has 1 heterocycles. The quantitative estimate of drug-likeness (QED) is 0.901. The molecule has 0 saturated heterocycles. The van der Waals surface area contributed by atoms with Crippen molar-refractivity contribution in [2.45, 2.75) is 19.1 Å². The Morgan fingerprint density at radius 2 is 2.00 bits per heavy atom. The van der Waals surface area contributed by atoms with Crippen molar-refractivity contribution in [1.82, 2.24) is 9.78 Å². The van der Waals surface area contributed by atoms with E-state index in [1.54, 1.807) is 6.07 Å². The third kappa shape index (κ3) is 1.92. The van der Waals surface area contributed by atoms with Gasteiger partial charge in [-0.2, -0.15) is 18.3 Å². The van der Waals surface area contributed by atoms with E-state index in [1.807, 2.05) is 0 Å². The average Bonchev–Trinajstić information content (AvgIpc) is 2.66. The number of para-hydroxylation sites is 1. The molecule has 96 valence electrons. The lowest BCUT2D eigenvalue weighted by Crippen LogP contribution is -2.24. The fraction of sp³-hybridized carbons (Fsp3) is 0.273. The number of aromatic carboxylic acids is 1. The van der Waals surface area contributed by atoms with Gasteiger partial charge in [-0.3, -0.25) is 4.68 Å². The minimum atomic E-state index is -4.48. The van der Waals surface area contributed by atoms with Crippen molar-refractivity contribution < 1.29 is 23.1 Å². The van der Waals surface area contributed by atoms with Gasteiger partial charge in [0.1, 0.15) is 6.04 Å². The van der Waals surface area contributed by atoms with Crippen LogP contribution in [0.5, 0.6) is 0 Å². The summed E-state index contributed by atoms with van der Waals surface area (Å²) in [5, 5.41) is 12.7. The van der Waals surface area contributed by atoms with Crippen molar-refractivity contribution in [1.29, 1.82) is 0 Å². The van der Waals surface area contributed by atoms with Crippen LogP contribution >= 0.6 is 0 Å². The third-order valence-electron chi connectivity index (χ3n) is 2.66. The van der Waals surface area contributed by atoms with Crippen molar-refractivity contribution in [3.63, 3.8) is 0 Å². The number of aromatic nitrogens is 2. The summed E-state index contributed by atoms with van der Waals surface area (Å²) in [5.41, 5.74) is -0.221. The van der Waals surface area contributed by atoms with Crippen LogP contribution in [0.3, 0.4) is 0 Å². The summed E-state index contributed by atoms with van der Waals surface area (Å²) in [6.07, 6.45) is -4.48. The Morgan fingerprint density at radius 1 is 1.39 bits per heavy atom. The van der Waals surface area contributed by atoms with Crippen LogP contribution in [0.25, 0.3) is 10.9 Å². The van der Waals surface area contributed by atoms with E-state index in [-0.39, 0.29) is 16.6 Å². The molecule has 0 bridgehead atoms. The summed E-state index contributed by atoms with van der Waals surface area (Å²) in [6.45, 7) is 0.936. The van der Waals surface area contributed by atoms with Crippen LogP contribution in [0.2, 0.25) is 0 Å². The summed E-state index contributed by atoms with van der Waals surface area (Å²) in [5.74, 6) is -1.35. The van der Waals surface area contributed by atoms with E-state index in [1.165, 1.54) is 18.2 Å². The lowest BCUT2D eigenvalue weighted by molar-refractivity contribution is -0.164. The highest BCUT2D eigenvalue weighted by Gasteiger charge is 2.39. The van der Waals surface area contributed by atoms with Gasteiger partial charge in [-0.05, 0) is 13.0 Å². The molecule has 1 aromatic heterocycles. The van der Waals surface area contributed by atoms with Gasteiger partial charge in [-0.25, -0.2) is 4.79 Å². The maximum atomic E-state index is 12.7. The van der Waals surface area contributed by atoms with Gasteiger partial charge in [0, 0.05) is 5.39 Å². The summed E-state index contributed by atoms with van der Waals surface area (Å²) in [6, 6.07) is 4.06. The van der Waals surface area contributed by atoms with Crippen molar-refractivity contribution in [3.8, 4) is 0 Å². The summed E-state index contributed by atoms with van der Waals surface area (Å²) < 4.78 is 38.7. The molecule has 0 aliphatic rings. The van der Waals surface area contributed by atoms with E-state index in [0.717, 1.165) is 6.92 Å². The zero-order valence-electron chi connectivity index (χ0n) is 9.27. The maximum Gasteiger partial charge on any atom is 0.410 e. The van der Waals surface area contributed by atoms with Gasteiger partial charge in [0.2, 0.25) is 0 Å². The predicted octanol–water partition coefficient (Wildman–Crippen LogP) is 2.86. The smallest absolute Gasteiger partial charge is 0.410 e. The van der Waals surface area contributed by atoms with Crippen LogP contribution < -0.4 is 0 Å². The number of halogens is 3. The number of carboxylic acid groups (broad SMARTS) is 1. The summed E-state index contributed by atoms with van der Waals surface area (Å²) in [4.78, 5) is 10.9. The molecule has 0 aliphatic heterocycles. The Kier molecular flexibility index (Phi) is 2.76. The SMILES string of the molecule is CC(n1nc(C(=O)O)c2ccccc21)C(F)(F)F. The Bertz CT molecular complexity index is 604. The zero-order chi connectivity index (χ0) is 13.5. The molecule has 0 amide bonds.